The molecule has 0 aliphatic carbocycles. The van der Waals surface area contributed by atoms with Gasteiger partial charge in [0.25, 0.3) is 0 Å². The van der Waals surface area contributed by atoms with Crippen molar-refractivity contribution in [1.82, 2.24) is 15.1 Å². The lowest BCUT2D eigenvalue weighted by Gasteiger charge is -2.40. The van der Waals surface area contributed by atoms with Crippen LogP contribution in [0.3, 0.4) is 0 Å². The second-order valence-corrected chi connectivity index (χ2v) is 7.98. The molecule has 0 aromatic heterocycles. The second-order valence-electron chi connectivity index (χ2n) is 7.98. The Morgan fingerprint density at radius 2 is 1.91 bits per heavy atom. The van der Waals surface area contributed by atoms with Crippen LogP contribution in [0.4, 0.5) is 4.79 Å². The van der Waals surface area contributed by atoms with Crippen LogP contribution < -0.4 is 11.1 Å². The van der Waals surface area contributed by atoms with Gasteiger partial charge in [0.05, 0.1) is 0 Å². The number of hydrogen-bond donors (Lipinski definition) is 2. The molecule has 0 radical (unpaired) electrons. The summed E-state index contributed by atoms with van der Waals surface area (Å²) in [4.78, 5) is 16.6. The SMILES string of the molecule is CC(NC(=O)OC(C)(C)C)C(CN)N1CCC(CN(C)C)CC1. The summed E-state index contributed by atoms with van der Waals surface area (Å²) >= 11 is 0. The van der Waals surface area contributed by atoms with E-state index in [1.54, 1.807) is 0 Å². The number of ether oxygens (including phenoxy) is 1. The van der Waals surface area contributed by atoms with Crippen molar-refractivity contribution in [2.45, 2.75) is 58.2 Å². The normalized spacial score (nSPS) is 20.3. The Bertz CT molecular complexity index is 360. The van der Waals surface area contributed by atoms with Crippen molar-refractivity contribution in [3.8, 4) is 0 Å². The van der Waals surface area contributed by atoms with Crippen LogP contribution in [-0.4, -0.2) is 73.9 Å². The summed E-state index contributed by atoms with van der Waals surface area (Å²) in [5.41, 5.74) is 5.50. The molecule has 1 fully saturated rings. The van der Waals surface area contributed by atoms with Gasteiger partial charge < -0.3 is 20.7 Å². The van der Waals surface area contributed by atoms with Crippen LogP contribution in [-0.2, 0) is 4.74 Å². The molecule has 6 nitrogen and oxygen atoms in total. The van der Waals surface area contributed by atoms with Gasteiger partial charge in [-0.3, -0.25) is 4.90 Å². The third kappa shape index (κ3) is 7.50. The molecule has 1 rings (SSSR count). The second kappa shape index (κ2) is 8.85. The fourth-order valence-electron chi connectivity index (χ4n) is 3.24. The molecular formula is C17H36N4O2. The molecule has 23 heavy (non-hydrogen) atoms. The molecular weight excluding hydrogens is 292 g/mol. The van der Waals surface area contributed by atoms with E-state index in [0.717, 1.165) is 25.6 Å². The molecule has 0 spiro atoms. The van der Waals surface area contributed by atoms with Crippen molar-refractivity contribution in [1.29, 1.82) is 0 Å². The molecule has 1 heterocycles. The average molecular weight is 329 g/mol. The number of alkyl carbamates (subject to hydrolysis) is 1. The van der Waals surface area contributed by atoms with E-state index in [9.17, 15) is 4.79 Å². The zero-order valence-corrected chi connectivity index (χ0v) is 15.8. The van der Waals surface area contributed by atoms with Crippen molar-refractivity contribution >= 4 is 6.09 Å². The van der Waals surface area contributed by atoms with Crippen LogP contribution in [0.25, 0.3) is 0 Å². The summed E-state index contributed by atoms with van der Waals surface area (Å²) in [7, 11) is 4.25. The third-order valence-corrected chi connectivity index (χ3v) is 4.30. The quantitative estimate of drug-likeness (QED) is 0.773. The van der Waals surface area contributed by atoms with Crippen molar-refractivity contribution in [2.24, 2.45) is 11.7 Å². The van der Waals surface area contributed by atoms with Crippen molar-refractivity contribution in [3.63, 3.8) is 0 Å². The van der Waals surface area contributed by atoms with Crippen molar-refractivity contribution < 1.29 is 9.53 Å². The number of nitrogens with zero attached hydrogens (tertiary/aromatic N) is 2. The first-order valence-electron chi connectivity index (χ1n) is 8.70. The Labute approximate surface area is 141 Å². The molecule has 2 atom stereocenters. The molecule has 1 aliphatic rings. The average Bonchev–Trinajstić information content (AvgIpc) is 2.38. The molecule has 0 saturated carbocycles. The molecule has 6 heteroatoms. The highest BCUT2D eigenvalue weighted by atomic mass is 16.6. The summed E-state index contributed by atoms with van der Waals surface area (Å²) in [6, 6.07) is 0.128. The van der Waals surface area contributed by atoms with Gasteiger partial charge in [0.2, 0.25) is 0 Å². The van der Waals surface area contributed by atoms with Crippen molar-refractivity contribution in [2.75, 3.05) is 40.3 Å². The van der Waals surface area contributed by atoms with Crippen LogP contribution in [0.15, 0.2) is 0 Å². The lowest BCUT2D eigenvalue weighted by atomic mass is 9.94. The van der Waals surface area contributed by atoms with E-state index in [2.05, 4.69) is 29.2 Å². The number of hydrogen-bond acceptors (Lipinski definition) is 5. The number of amides is 1. The topological polar surface area (TPSA) is 70.8 Å². The lowest BCUT2D eigenvalue weighted by Crippen LogP contribution is -2.56. The number of piperidine rings is 1. The minimum Gasteiger partial charge on any atom is -0.444 e. The fourth-order valence-corrected chi connectivity index (χ4v) is 3.24. The standard InChI is InChI=1S/C17H36N4O2/c1-13(19-16(22)23-17(2,3)4)15(11-18)21-9-7-14(8-10-21)12-20(5)6/h13-15H,7-12,18H2,1-6H3,(H,19,22). The maximum atomic E-state index is 11.9. The van der Waals surface area contributed by atoms with E-state index in [-0.39, 0.29) is 18.2 Å². The molecule has 0 aromatic rings. The minimum absolute atomic E-state index is 0.0275. The van der Waals surface area contributed by atoms with Gasteiger partial charge in [0, 0.05) is 25.2 Å². The van der Waals surface area contributed by atoms with E-state index in [0.29, 0.717) is 6.54 Å². The Hall–Kier alpha value is -0.850. The summed E-state index contributed by atoms with van der Waals surface area (Å²) in [6.07, 6.45) is 2.01. The van der Waals surface area contributed by atoms with Gasteiger partial charge in [-0.05, 0) is 73.6 Å². The van der Waals surface area contributed by atoms with Crippen LogP contribution in [0.2, 0.25) is 0 Å². The fraction of sp³-hybridized carbons (Fsp3) is 0.941. The van der Waals surface area contributed by atoms with Gasteiger partial charge in [-0.2, -0.15) is 0 Å². The van der Waals surface area contributed by atoms with E-state index in [1.165, 1.54) is 12.8 Å². The zero-order chi connectivity index (χ0) is 17.6. The maximum absolute atomic E-state index is 11.9. The predicted octanol–water partition coefficient (Wildman–Crippen LogP) is 1.50. The lowest BCUT2D eigenvalue weighted by molar-refractivity contribution is 0.0446. The van der Waals surface area contributed by atoms with Crippen LogP contribution in [0.5, 0.6) is 0 Å². The van der Waals surface area contributed by atoms with Crippen molar-refractivity contribution in [3.05, 3.63) is 0 Å². The molecule has 1 saturated heterocycles. The molecule has 1 aliphatic heterocycles. The number of rotatable bonds is 6. The number of carbonyl (C=O) groups excluding carboxylic acids is 1. The Kier molecular flexibility index (Phi) is 7.77. The first kappa shape index (κ1) is 20.2. The van der Waals surface area contributed by atoms with Gasteiger partial charge in [-0.25, -0.2) is 4.79 Å². The molecule has 2 unspecified atom stereocenters. The molecule has 3 N–H and O–H groups in total. The minimum atomic E-state index is -0.480. The first-order chi connectivity index (χ1) is 10.6. The van der Waals surface area contributed by atoms with Gasteiger partial charge in [-0.15, -0.1) is 0 Å². The molecule has 0 bridgehead atoms. The Balaban J connectivity index is 2.48. The van der Waals surface area contributed by atoms with E-state index >= 15 is 0 Å². The maximum Gasteiger partial charge on any atom is 0.407 e. The summed E-state index contributed by atoms with van der Waals surface area (Å²) < 4.78 is 5.34. The molecule has 1 amide bonds. The number of nitrogens with two attached hydrogens (primary N) is 1. The first-order valence-corrected chi connectivity index (χ1v) is 8.70. The zero-order valence-electron chi connectivity index (χ0n) is 15.8. The van der Waals surface area contributed by atoms with E-state index in [4.69, 9.17) is 10.5 Å². The number of carbonyl (C=O) groups is 1. The third-order valence-electron chi connectivity index (χ3n) is 4.30. The summed E-state index contributed by atoms with van der Waals surface area (Å²) in [5.74, 6) is 0.758. The number of nitrogens with one attached hydrogen (secondary N) is 1. The van der Waals surface area contributed by atoms with Crippen LogP contribution >= 0.6 is 0 Å². The highest BCUT2D eigenvalue weighted by Gasteiger charge is 2.29. The van der Waals surface area contributed by atoms with Gasteiger partial charge in [0.1, 0.15) is 5.60 Å². The van der Waals surface area contributed by atoms with Crippen LogP contribution in [0.1, 0.15) is 40.5 Å². The van der Waals surface area contributed by atoms with Gasteiger partial charge in [-0.1, -0.05) is 0 Å². The molecule has 0 aromatic carbocycles. The molecule has 136 valence electrons. The van der Waals surface area contributed by atoms with Gasteiger partial charge in [0.15, 0.2) is 0 Å². The van der Waals surface area contributed by atoms with Gasteiger partial charge >= 0.3 is 6.09 Å². The summed E-state index contributed by atoms with van der Waals surface area (Å²) in [5, 5.41) is 2.94. The highest BCUT2D eigenvalue weighted by Crippen LogP contribution is 2.20. The van der Waals surface area contributed by atoms with Crippen LogP contribution in [0, 0.1) is 5.92 Å². The summed E-state index contributed by atoms with van der Waals surface area (Å²) in [6.45, 7) is 11.4. The Morgan fingerprint density at radius 3 is 2.35 bits per heavy atom. The monoisotopic (exact) mass is 328 g/mol. The predicted molar refractivity (Wildman–Crippen MR) is 94.5 cm³/mol. The van der Waals surface area contributed by atoms with E-state index < -0.39 is 5.60 Å². The van der Waals surface area contributed by atoms with E-state index in [1.807, 2.05) is 27.7 Å². The smallest absolute Gasteiger partial charge is 0.407 e. The number of likely N-dealkylation sites (tertiary alicyclic amines) is 1. The Morgan fingerprint density at radius 1 is 1.35 bits per heavy atom. The largest absolute Gasteiger partial charge is 0.444 e. The highest BCUT2D eigenvalue weighted by molar-refractivity contribution is 5.68.